The monoisotopic (exact) mass is 194 g/mol. The van der Waals surface area contributed by atoms with Gasteiger partial charge in [0.05, 0.1) is 7.18 Å². The Balaban J connectivity index is -0.000000205. The minimum Gasteiger partial charge on any atom is -0.255 e. The highest BCUT2D eigenvalue weighted by atomic mass is 19.1. The lowest BCUT2D eigenvalue weighted by molar-refractivity contribution is 0.636. The maximum atomic E-state index is 9.50. The van der Waals surface area contributed by atoms with Crippen molar-refractivity contribution < 1.29 is 4.39 Å². The molecule has 0 rings (SSSR count). The van der Waals surface area contributed by atoms with E-state index in [4.69, 9.17) is 6.42 Å². The molecular weight excluding hydrogens is 175 g/mol. The molecule has 0 bridgehead atoms. The van der Waals surface area contributed by atoms with Gasteiger partial charge in [0.25, 0.3) is 0 Å². The maximum Gasteiger partial charge on any atom is 0.0785 e. The van der Waals surface area contributed by atoms with E-state index >= 15 is 0 Å². The number of hydrogen-bond donors (Lipinski definition) is 0. The van der Waals surface area contributed by atoms with Gasteiger partial charge in [-0.1, -0.05) is 40.0 Å². The van der Waals surface area contributed by atoms with Gasteiger partial charge < -0.3 is 0 Å². The van der Waals surface area contributed by atoms with Gasteiger partial charge in [0.1, 0.15) is 0 Å². The summed E-state index contributed by atoms with van der Waals surface area (Å²) in [6, 6.07) is 0. The average molecular weight is 194 g/mol. The normalized spacial score (nSPS) is 5.57. The van der Waals surface area contributed by atoms with Crippen LogP contribution in [-0.4, -0.2) is 7.18 Å². The van der Waals surface area contributed by atoms with Gasteiger partial charge in [-0.2, -0.15) is 0 Å². The summed E-state index contributed by atoms with van der Waals surface area (Å²) in [5.74, 6) is 13.0. The highest BCUT2D eigenvalue weighted by Gasteiger charge is 1.77. The molecule has 0 fully saturated rings. The van der Waals surface area contributed by atoms with Crippen molar-refractivity contribution in [1.82, 2.24) is 0 Å². The molecule has 0 aromatic carbocycles. The SMILES string of the molecule is C#CC#CC#CC(C)C.CCC.CF. The van der Waals surface area contributed by atoms with Crippen LogP contribution in [0.3, 0.4) is 0 Å². The molecule has 0 atom stereocenters. The van der Waals surface area contributed by atoms with Crippen molar-refractivity contribution >= 4 is 0 Å². The van der Waals surface area contributed by atoms with E-state index < -0.39 is 0 Å². The topological polar surface area (TPSA) is 0 Å². The zero-order valence-electron chi connectivity index (χ0n) is 9.74. The fourth-order valence-corrected chi connectivity index (χ4v) is 0.248. The van der Waals surface area contributed by atoms with Crippen molar-refractivity contribution in [2.75, 3.05) is 7.18 Å². The Morgan fingerprint density at radius 2 is 1.50 bits per heavy atom. The van der Waals surface area contributed by atoms with E-state index in [1.807, 2.05) is 13.8 Å². The lowest BCUT2D eigenvalue weighted by Crippen LogP contribution is -1.75. The first-order chi connectivity index (χ1) is 6.68. The zero-order chi connectivity index (χ0) is 11.8. The number of alkyl halides is 1. The van der Waals surface area contributed by atoms with E-state index in [2.05, 4.69) is 43.4 Å². The standard InChI is InChI=1S/C9H8.C3H8.CH3F/c1-4-5-6-7-8-9(2)3;1-3-2;1-2/h1,9H,2-3H3;3H2,1-2H3;1H3. The van der Waals surface area contributed by atoms with E-state index in [-0.39, 0.29) is 0 Å². The summed E-state index contributed by atoms with van der Waals surface area (Å²) in [5.41, 5.74) is 0. The highest BCUT2D eigenvalue weighted by molar-refractivity contribution is 5.33. The van der Waals surface area contributed by atoms with Crippen molar-refractivity contribution in [3.05, 3.63) is 0 Å². The first-order valence-electron chi connectivity index (χ1n) is 4.52. The summed E-state index contributed by atoms with van der Waals surface area (Å²) in [5, 5.41) is 0. The van der Waals surface area contributed by atoms with Gasteiger partial charge in [-0.25, -0.2) is 0 Å². The maximum absolute atomic E-state index is 9.50. The molecule has 0 saturated heterocycles. The van der Waals surface area contributed by atoms with Crippen LogP contribution in [0.4, 0.5) is 4.39 Å². The molecule has 0 radical (unpaired) electrons. The molecule has 0 heterocycles. The Bertz CT molecular complexity index is 234. The minimum absolute atomic E-state index is 0.372. The quantitative estimate of drug-likeness (QED) is 0.519. The van der Waals surface area contributed by atoms with Gasteiger partial charge in [-0.05, 0) is 23.7 Å². The molecule has 0 nitrogen and oxygen atoms in total. The van der Waals surface area contributed by atoms with E-state index in [1.165, 1.54) is 6.42 Å². The molecule has 0 N–H and O–H groups in total. The molecule has 0 amide bonds. The fourth-order valence-electron chi connectivity index (χ4n) is 0.248. The second kappa shape index (κ2) is 22.6. The summed E-state index contributed by atoms with van der Waals surface area (Å²) >= 11 is 0. The van der Waals surface area contributed by atoms with Crippen LogP contribution >= 0.6 is 0 Å². The first kappa shape index (κ1) is 18.4. The summed E-state index contributed by atoms with van der Waals surface area (Å²) < 4.78 is 9.50. The van der Waals surface area contributed by atoms with E-state index in [0.29, 0.717) is 13.1 Å². The fraction of sp³-hybridized carbons (Fsp3) is 0.538. The summed E-state index contributed by atoms with van der Waals surface area (Å²) in [6.07, 6.45) is 6.10. The Hall–Kier alpha value is -1.39. The van der Waals surface area contributed by atoms with Crippen LogP contribution < -0.4 is 0 Å². The van der Waals surface area contributed by atoms with Gasteiger partial charge in [-0.3, -0.25) is 4.39 Å². The van der Waals surface area contributed by atoms with Crippen LogP contribution in [0, 0.1) is 41.9 Å². The molecule has 0 aromatic rings. The lowest BCUT2D eigenvalue weighted by Gasteiger charge is -1.81. The average Bonchev–Trinajstić information content (AvgIpc) is 2.17. The molecule has 14 heavy (non-hydrogen) atoms. The second-order valence-electron chi connectivity index (χ2n) is 2.53. The van der Waals surface area contributed by atoms with Gasteiger partial charge in [0, 0.05) is 5.92 Å². The van der Waals surface area contributed by atoms with Gasteiger partial charge in [0.15, 0.2) is 0 Å². The molecule has 0 aliphatic carbocycles. The van der Waals surface area contributed by atoms with Crippen LogP contribution in [0.1, 0.15) is 34.1 Å². The largest absolute Gasteiger partial charge is 0.255 e. The molecule has 0 unspecified atom stereocenters. The van der Waals surface area contributed by atoms with E-state index in [9.17, 15) is 4.39 Å². The minimum atomic E-state index is 0.372. The Kier molecular flexibility index (Phi) is 29.7. The van der Waals surface area contributed by atoms with Gasteiger partial charge >= 0.3 is 0 Å². The molecule has 0 saturated carbocycles. The van der Waals surface area contributed by atoms with Gasteiger partial charge in [0.2, 0.25) is 0 Å². The molecule has 78 valence electrons. The number of hydrogen-bond acceptors (Lipinski definition) is 0. The van der Waals surface area contributed by atoms with Crippen LogP contribution in [0.5, 0.6) is 0 Å². The summed E-state index contributed by atoms with van der Waals surface area (Å²) in [7, 11) is 0.500. The lowest BCUT2D eigenvalue weighted by atomic mass is 10.2. The smallest absolute Gasteiger partial charge is 0.0785 e. The van der Waals surface area contributed by atoms with Gasteiger partial charge in [-0.15, -0.1) is 6.42 Å². The number of rotatable bonds is 0. The number of terminal acetylenes is 1. The zero-order valence-corrected chi connectivity index (χ0v) is 9.74. The predicted octanol–water partition coefficient (Wildman–Crippen LogP) is 3.28. The van der Waals surface area contributed by atoms with Crippen LogP contribution in [0.25, 0.3) is 0 Å². The van der Waals surface area contributed by atoms with Crippen LogP contribution in [-0.2, 0) is 0 Å². The first-order valence-corrected chi connectivity index (χ1v) is 4.52. The van der Waals surface area contributed by atoms with E-state index in [0.717, 1.165) is 0 Å². The number of halogens is 1. The van der Waals surface area contributed by atoms with Crippen molar-refractivity contribution in [2.24, 2.45) is 5.92 Å². The summed E-state index contributed by atoms with van der Waals surface area (Å²) in [4.78, 5) is 0. The molecule has 0 aliphatic rings. The van der Waals surface area contributed by atoms with Crippen LogP contribution in [0.2, 0.25) is 0 Å². The predicted molar refractivity (Wildman–Crippen MR) is 62.2 cm³/mol. The molecule has 0 aromatic heterocycles. The van der Waals surface area contributed by atoms with Crippen molar-refractivity contribution in [3.63, 3.8) is 0 Å². The van der Waals surface area contributed by atoms with Crippen LogP contribution in [0.15, 0.2) is 0 Å². The highest BCUT2D eigenvalue weighted by Crippen LogP contribution is 1.83. The molecule has 0 aliphatic heterocycles. The Labute approximate surface area is 88.3 Å². The Morgan fingerprint density at radius 1 is 1.07 bits per heavy atom. The third-order valence-corrected chi connectivity index (χ3v) is 0.558. The second-order valence-corrected chi connectivity index (χ2v) is 2.53. The molecular formula is C13H19F. The third-order valence-electron chi connectivity index (χ3n) is 0.558. The Morgan fingerprint density at radius 3 is 1.79 bits per heavy atom. The molecule has 1 heteroatoms. The molecule has 0 spiro atoms. The summed E-state index contributed by atoms with van der Waals surface area (Å²) in [6.45, 7) is 8.26. The third kappa shape index (κ3) is 46.1. The van der Waals surface area contributed by atoms with Crippen molar-refractivity contribution in [1.29, 1.82) is 0 Å². The van der Waals surface area contributed by atoms with Crippen molar-refractivity contribution in [3.8, 4) is 36.0 Å². The van der Waals surface area contributed by atoms with E-state index in [1.54, 1.807) is 0 Å². The van der Waals surface area contributed by atoms with Crippen molar-refractivity contribution in [2.45, 2.75) is 34.1 Å².